The van der Waals surface area contributed by atoms with Crippen LogP contribution >= 0.6 is 0 Å². The fraction of sp³-hybridized carbons (Fsp3) is 0.350. The van der Waals surface area contributed by atoms with Gasteiger partial charge >= 0.3 is 269 Å². The van der Waals surface area contributed by atoms with Crippen LogP contribution in [0.4, 0.5) is 0 Å². The van der Waals surface area contributed by atoms with E-state index in [4.69, 9.17) is 4.43 Å². The van der Waals surface area contributed by atoms with E-state index in [9.17, 15) is 0 Å². The van der Waals surface area contributed by atoms with E-state index in [1.807, 2.05) is 0 Å². The van der Waals surface area contributed by atoms with Crippen LogP contribution in [0.1, 0.15) is 73.7 Å². The summed E-state index contributed by atoms with van der Waals surface area (Å²) in [4.78, 5) is 0. The molecule has 2 radical (unpaired) electrons. The summed E-state index contributed by atoms with van der Waals surface area (Å²) in [6, 6.07) is 18.8. The maximum absolute atomic E-state index is 7.20. The van der Waals surface area contributed by atoms with Crippen LogP contribution in [0.15, 0.2) is 60.4 Å². The molecular formula is C40H50GeOSi. The monoisotopic (exact) mass is 648 g/mol. The molecule has 0 aliphatic carbocycles. The van der Waals surface area contributed by atoms with Gasteiger partial charge in [0.05, 0.1) is 0 Å². The van der Waals surface area contributed by atoms with Crippen LogP contribution in [0, 0.1) is 83.1 Å². The predicted octanol–water partition coefficient (Wildman–Crippen LogP) is 7.72. The third-order valence-corrected chi connectivity index (χ3v) is 18.8. The minimum atomic E-state index is -1.97. The van der Waals surface area contributed by atoms with Crippen molar-refractivity contribution < 1.29 is 4.43 Å². The average Bonchev–Trinajstić information content (AvgIpc) is 2.84. The summed E-state index contributed by atoms with van der Waals surface area (Å²) >= 11 is -1.97. The van der Waals surface area contributed by atoms with Crippen LogP contribution in [0.5, 0.6) is 0 Å². The zero-order valence-corrected chi connectivity index (χ0v) is 31.9. The molecule has 3 heteroatoms. The Morgan fingerprint density at radius 1 is 0.512 bits per heavy atom. The van der Waals surface area contributed by atoms with Gasteiger partial charge in [-0.1, -0.05) is 0 Å². The number of benzene rings is 4. The second kappa shape index (κ2) is 13.4. The second-order valence-electron chi connectivity index (χ2n) is 13.0. The van der Waals surface area contributed by atoms with Gasteiger partial charge < -0.3 is 0 Å². The third-order valence-electron chi connectivity index (χ3n) is 8.62. The molecule has 0 amide bonds. The van der Waals surface area contributed by atoms with Gasteiger partial charge in [-0.3, -0.25) is 0 Å². The summed E-state index contributed by atoms with van der Waals surface area (Å²) in [5.74, 6) is 1.06. The fourth-order valence-electron chi connectivity index (χ4n) is 7.39. The van der Waals surface area contributed by atoms with Gasteiger partial charge in [-0.15, -0.1) is 0 Å². The molecule has 0 aromatic heterocycles. The van der Waals surface area contributed by atoms with Gasteiger partial charge in [0.2, 0.25) is 0 Å². The summed E-state index contributed by atoms with van der Waals surface area (Å²) in [6.45, 7) is 29.4. The molecule has 0 fully saturated rings. The first-order chi connectivity index (χ1) is 20.2. The molecule has 4 aromatic carbocycles. The van der Waals surface area contributed by atoms with E-state index < -0.39 is 23.4 Å². The molecule has 0 heterocycles. The standard InChI is InChI=1S/C40H50GeOSi/c1-24-16-28(5)37(29(6)17-24)41(38-30(7)18-25(2)19-31(38)8)15-14-36(13)42-43(39-32(9)20-26(3)21-33(39)10)40-34(11)22-27(4)23-35(40)12/h14,16-23H,15H2,1-13H3/b36-14-. The van der Waals surface area contributed by atoms with Gasteiger partial charge in [-0.2, -0.15) is 0 Å². The molecule has 0 aliphatic rings. The van der Waals surface area contributed by atoms with E-state index in [2.05, 4.69) is 145 Å². The van der Waals surface area contributed by atoms with Gasteiger partial charge in [0.15, 0.2) is 0 Å². The molecule has 224 valence electrons. The predicted molar refractivity (Wildman–Crippen MR) is 192 cm³/mol. The van der Waals surface area contributed by atoms with Gasteiger partial charge in [-0.25, -0.2) is 0 Å². The van der Waals surface area contributed by atoms with E-state index in [1.165, 1.54) is 77.1 Å². The van der Waals surface area contributed by atoms with Crippen molar-refractivity contribution in [3.63, 3.8) is 0 Å². The molecule has 4 rings (SSSR count). The first-order valence-corrected chi connectivity index (χ1v) is 20.6. The van der Waals surface area contributed by atoms with E-state index in [-0.39, 0.29) is 0 Å². The van der Waals surface area contributed by atoms with Crippen molar-refractivity contribution in [3.8, 4) is 0 Å². The molecule has 0 atom stereocenters. The Balaban J connectivity index is 1.83. The Bertz CT molecular complexity index is 1500. The van der Waals surface area contributed by atoms with Crippen molar-refractivity contribution >= 4 is 42.6 Å². The topological polar surface area (TPSA) is 9.23 Å². The number of hydrogen-bond acceptors (Lipinski definition) is 1. The van der Waals surface area contributed by atoms with Crippen molar-refractivity contribution in [2.45, 2.75) is 95.3 Å². The Morgan fingerprint density at radius 2 is 0.791 bits per heavy atom. The van der Waals surface area contributed by atoms with Crippen molar-refractivity contribution in [2.24, 2.45) is 0 Å². The molecule has 0 unspecified atom stereocenters. The molecule has 4 aromatic rings. The summed E-state index contributed by atoms with van der Waals surface area (Å²) in [7, 11) is -1.52. The summed E-state index contributed by atoms with van der Waals surface area (Å²) < 4.78 is 10.4. The number of aryl methyl sites for hydroxylation is 12. The van der Waals surface area contributed by atoms with Crippen molar-refractivity contribution in [1.82, 2.24) is 0 Å². The normalized spacial score (nSPS) is 12.0. The summed E-state index contributed by atoms with van der Waals surface area (Å²) in [5.41, 5.74) is 16.5. The molecule has 0 N–H and O–H groups in total. The van der Waals surface area contributed by atoms with Crippen molar-refractivity contribution in [2.75, 3.05) is 0 Å². The number of rotatable bonds is 8. The van der Waals surface area contributed by atoms with Crippen LogP contribution in [0.2, 0.25) is 5.25 Å². The van der Waals surface area contributed by atoms with Crippen molar-refractivity contribution in [1.29, 1.82) is 0 Å². The van der Waals surface area contributed by atoms with Gasteiger partial charge in [0.1, 0.15) is 0 Å². The van der Waals surface area contributed by atoms with E-state index in [1.54, 1.807) is 8.79 Å². The van der Waals surface area contributed by atoms with E-state index >= 15 is 0 Å². The summed E-state index contributed by atoms with van der Waals surface area (Å²) in [5, 5.41) is 3.85. The first kappa shape index (κ1) is 33.1. The molecular weight excluding hydrogens is 597 g/mol. The molecule has 0 saturated heterocycles. The first-order valence-electron chi connectivity index (χ1n) is 15.6. The quantitative estimate of drug-likeness (QED) is 0.141. The molecule has 1 nitrogen and oxygen atoms in total. The maximum atomic E-state index is 7.20. The van der Waals surface area contributed by atoms with E-state index in [0.29, 0.717) is 0 Å². The second-order valence-corrected chi connectivity index (χ2v) is 19.8. The third kappa shape index (κ3) is 7.29. The zero-order valence-electron chi connectivity index (χ0n) is 28.8. The number of allylic oxidation sites excluding steroid dienone is 2. The number of hydrogen-bond donors (Lipinski definition) is 0. The Kier molecular flexibility index (Phi) is 10.3. The molecule has 0 spiro atoms. The van der Waals surface area contributed by atoms with Gasteiger partial charge in [-0.05, 0) is 0 Å². The molecule has 0 aliphatic heterocycles. The SMILES string of the molecule is C/C(=C/[CH2][Ge]([c]1c(C)cc(C)cc1C)[c]1c(C)cc(C)cc1C)O[Si](c1c(C)cc(C)cc1C)c1c(C)cc(C)cc1C. The van der Waals surface area contributed by atoms with Crippen molar-refractivity contribution in [3.05, 3.63) is 127 Å². The van der Waals surface area contributed by atoms with E-state index in [0.717, 1.165) is 11.0 Å². The summed E-state index contributed by atoms with van der Waals surface area (Å²) in [6.07, 6.45) is 2.44. The molecule has 43 heavy (non-hydrogen) atoms. The van der Waals surface area contributed by atoms with Gasteiger partial charge in [0.25, 0.3) is 0 Å². The Labute approximate surface area is 268 Å². The van der Waals surface area contributed by atoms with Crippen LogP contribution in [-0.4, -0.2) is 23.4 Å². The van der Waals surface area contributed by atoms with Crippen LogP contribution < -0.4 is 19.2 Å². The zero-order chi connectivity index (χ0) is 31.7. The average molecular weight is 648 g/mol. The Hall–Kier alpha value is -2.82. The van der Waals surface area contributed by atoms with Crippen LogP contribution in [-0.2, 0) is 4.43 Å². The van der Waals surface area contributed by atoms with Crippen LogP contribution in [0.25, 0.3) is 0 Å². The van der Waals surface area contributed by atoms with Gasteiger partial charge in [0, 0.05) is 0 Å². The van der Waals surface area contributed by atoms with Crippen LogP contribution in [0.3, 0.4) is 0 Å². The Morgan fingerprint density at radius 3 is 1.09 bits per heavy atom. The minimum absolute atomic E-state index is 1.06. The fourth-order valence-corrected chi connectivity index (χ4v) is 17.0. The molecule has 0 bridgehead atoms. The molecule has 0 saturated carbocycles.